The average Bonchev–Trinajstić information content (AvgIpc) is 2.50. The first-order chi connectivity index (χ1) is 10.1. The number of carbonyl (C=O) groups excluding carboxylic acids is 1. The largest absolute Gasteiger partial charge is 0.449 e. The van der Waals surface area contributed by atoms with Crippen molar-refractivity contribution in [2.75, 3.05) is 11.5 Å². The minimum absolute atomic E-state index is 0.0734. The number of nitro benzene ring substituents is 1. The van der Waals surface area contributed by atoms with Crippen molar-refractivity contribution >= 4 is 23.5 Å². The fraction of sp³-hybridized carbons (Fsp3) is 0.286. The van der Waals surface area contributed by atoms with E-state index in [4.69, 9.17) is 10.00 Å². The fourth-order valence-corrected chi connectivity index (χ4v) is 2.01. The van der Waals surface area contributed by atoms with Gasteiger partial charge in [0.05, 0.1) is 23.3 Å². The maximum Gasteiger partial charge on any atom is 0.415 e. The molecule has 0 N–H and O–H groups in total. The van der Waals surface area contributed by atoms with Crippen molar-refractivity contribution < 1.29 is 14.5 Å². The summed E-state index contributed by atoms with van der Waals surface area (Å²) in [7, 11) is 0. The van der Waals surface area contributed by atoms with E-state index in [1.165, 1.54) is 29.2 Å². The number of amides is 1. The van der Waals surface area contributed by atoms with Crippen LogP contribution in [0.15, 0.2) is 24.3 Å². The summed E-state index contributed by atoms with van der Waals surface area (Å²) in [6.45, 7) is 2.11. The Morgan fingerprint density at radius 3 is 2.95 bits per heavy atom. The number of anilines is 1. The van der Waals surface area contributed by atoms with Gasteiger partial charge in [0.1, 0.15) is 6.04 Å². The highest BCUT2D eigenvalue weighted by molar-refractivity contribution is 5.94. The lowest BCUT2D eigenvalue weighted by Crippen LogP contribution is -2.41. The zero-order valence-corrected chi connectivity index (χ0v) is 11.4. The van der Waals surface area contributed by atoms with Crippen molar-refractivity contribution in [1.29, 1.82) is 5.26 Å². The predicted octanol–water partition coefficient (Wildman–Crippen LogP) is 2.87. The smallest absolute Gasteiger partial charge is 0.415 e. The van der Waals surface area contributed by atoms with E-state index >= 15 is 0 Å². The van der Waals surface area contributed by atoms with Crippen molar-refractivity contribution in [3.05, 3.63) is 40.0 Å². The number of rotatable bonds is 3. The van der Waals surface area contributed by atoms with Gasteiger partial charge >= 0.3 is 6.09 Å². The number of carbonyl (C=O) groups is 1. The number of nitro groups is 1. The van der Waals surface area contributed by atoms with E-state index in [1.54, 1.807) is 6.08 Å². The number of ether oxygens (including phenoxy) is 1. The minimum Gasteiger partial charge on any atom is -0.449 e. The second kappa shape index (κ2) is 6.05. The normalized spacial score (nSPS) is 16.0. The first kappa shape index (κ1) is 14.5. The van der Waals surface area contributed by atoms with Gasteiger partial charge in [-0.3, -0.25) is 15.0 Å². The molecule has 1 aliphatic rings. The molecular weight excluding hydrogens is 274 g/mol. The minimum atomic E-state index is -0.789. The number of hydrogen-bond acceptors (Lipinski definition) is 5. The third-order valence-corrected chi connectivity index (χ3v) is 2.98. The molecule has 1 aliphatic heterocycles. The average molecular weight is 287 g/mol. The predicted molar refractivity (Wildman–Crippen MR) is 75.6 cm³/mol. The summed E-state index contributed by atoms with van der Waals surface area (Å²) in [6, 6.07) is 5.32. The highest BCUT2D eigenvalue weighted by Gasteiger charge is 2.30. The van der Waals surface area contributed by atoms with Crippen LogP contribution in [0.1, 0.15) is 18.9 Å². The SMILES string of the molecule is CCCOC(=O)N1c2ccc([N+](=O)[O-])cc2C=CC1C#N. The van der Waals surface area contributed by atoms with E-state index in [0.29, 0.717) is 17.7 Å². The number of fused-ring (bicyclic) bond motifs is 1. The lowest BCUT2D eigenvalue weighted by Gasteiger charge is -2.29. The molecule has 2 rings (SSSR count). The lowest BCUT2D eigenvalue weighted by atomic mass is 10.0. The molecule has 1 unspecified atom stereocenters. The molecule has 108 valence electrons. The number of hydrogen-bond donors (Lipinski definition) is 0. The zero-order chi connectivity index (χ0) is 15.4. The molecular formula is C14H13N3O4. The molecule has 1 heterocycles. The first-order valence-corrected chi connectivity index (χ1v) is 6.40. The van der Waals surface area contributed by atoms with Crippen LogP contribution in [-0.4, -0.2) is 23.7 Å². The van der Waals surface area contributed by atoms with E-state index < -0.39 is 17.1 Å². The van der Waals surface area contributed by atoms with Crippen LogP contribution >= 0.6 is 0 Å². The van der Waals surface area contributed by atoms with Gasteiger partial charge < -0.3 is 4.74 Å². The van der Waals surface area contributed by atoms with Gasteiger partial charge in [-0.15, -0.1) is 0 Å². The third kappa shape index (κ3) is 2.84. The Morgan fingerprint density at radius 1 is 1.57 bits per heavy atom. The second-order valence-electron chi connectivity index (χ2n) is 4.42. The van der Waals surface area contributed by atoms with Crippen LogP contribution in [0.3, 0.4) is 0 Å². The van der Waals surface area contributed by atoms with E-state index in [0.717, 1.165) is 0 Å². The summed E-state index contributed by atoms with van der Waals surface area (Å²) in [5, 5.41) is 19.9. The quantitative estimate of drug-likeness (QED) is 0.629. The van der Waals surface area contributed by atoms with Crippen LogP contribution < -0.4 is 4.90 Å². The van der Waals surface area contributed by atoms with Gasteiger partial charge in [0, 0.05) is 17.7 Å². The Balaban J connectivity index is 2.41. The molecule has 0 radical (unpaired) electrons. The van der Waals surface area contributed by atoms with Gasteiger partial charge in [-0.05, 0) is 18.6 Å². The van der Waals surface area contributed by atoms with Gasteiger partial charge in [0.25, 0.3) is 5.69 Å². The lowest BCUT2D eigenvalue weighted by molar-refractivity contribution is -0.384. The van der Waals surface area contributed by atoms with Crippen LogP contribution in [0, 0.1) is 21.4 Å². The second-order valence-corrected chi connectivity index (χ2v) is 4.42. The molecule has 0 bridgehead atoms. The van der Waals surface area contributed by atoms with Crippen LogP contribution in [0.5, 0.6) is 0 Å². The summed E-state index contributed by atoms with van der Waals surface area (Å²) >= 11 is 0. The maximum absolute atomic E-state index is 12.1. The highest BCUT2D eigenvalue weighted by atomic mass is 16.6. The summed E-state index contributed by atoms with van der Waals surface area (Å²) < 4.78 is 5.07. The van der Waals surface area contributed by atoms with Crippen molar-refractivity contribution in [2.45, 2.75) is 19.4 Å². The van der Waals surface area contributed by atoms with Crippen LogP contribution in [-0.2, 0) is 4.74 Å². The van der Waals surface area contributed by atoms with Gasteiger partial charge in [-0.1, -0.05) is 13.0 Å². The van der Waals surface area contributed by atoms with E-state index in [-0.39, 0.29) is 12.3 Å². The van der Waals surface area contributed by atoms with Crippen molar-refractivity contribution in [3.8, 4) is 6.07 Å². The maximum atomic E-state index is 12.1. The van der Waals surface area contributed by atoms with E-state index in [9.17, 15) is 14.9 Å². The molecule has 1 aromatic rings. The highest BCUT2D eigenvalue weighted by Crippen LogP contribution is 2.32. The molecule has 0 fully saturated rings. The van der Waals surface area contributed by atoms with Crippen molar-refractivity contribution in [2.24, 2.45) is 0 Å². The topological polar surface area (TPSA) is 96.5 Å². The molecule has 0 aliphatic carbocycles. The van der Waals surface area contributed by atoms with Crippen molar-refractivity contribution in [1.82, 2.24) is 0 Å². The molecule has 0 aromatic heterocycles. The van der Waals surface area contributed by atoms with Crippen LogP contribution in [0.25, 0.3) is 6.08 Å². The fourth-order valence-electron chi connectivity index (χ4n) is 2.01. The molecule has 1 aromatic carbocycles. The molecule has 1 amide bonds. The molecule has 21 heavy (non-hydrogen) atoms. The summed E-state index contributed by atoms with van der Waals surface area (Å²) in [6.07, 6.45) is 3.14. The zero-order valence-electron chi connectivity index (χ0n) is 11.4. The number of nitriles is 1. The Labute approximate surface area is 121 Å². The third-order valence-electron chi connectivity index (χ3n) is 2.98. The Bertz CT molecular complexity index is 648. The monoisotopic (exact) mass is 287 g/mol. The summed E-state index contributed by atoms with van der Waals surface area (Å²) in [4.78, 5) is 23.6. The number of non-ortho nitro benzene ring substituents is 1. The molecule has 1 atom stereocenters. The Kier molecular flexibility index (Phi) is 4.18. The van der Waals surface area contributed by atoms with Gasteiger partial charge in [0.2, 0.25) is 0 Å². The van der Waals surface area contributed by atoms with Crippen LogP contribution in [0.2, 0.25) is 0 Å². The molecule has 0 spiro atoms. The first-order valence-electron chi connectivity index (χ1n) is 6.40. The molecule has 0 saturated carbocycles. The number of nitrogens with zero attached hydrogens (tertiary/aromatic N) is 3. The van der Waals surface area contributed by atoms with Gasteiger partial charge in [-0.25, -0.2) is 4.79 Å². The van der Waals surface area contributed by atoms with E-state index in [1.807, 2.05) is 13.0 Å². The van der Waals surface area contributed by atoms with Crippen LogP contribution in [0.4, 0.5) is 16.2 Å². The van der Waals surface area contributed by atoms with Gasteiger partial charge in [-0.2, -0.15) is 5.26 Å². The molecule has 0 saturated heterocycles. The summed E-state index contributed by atoms with van der Waals surface area (Å²) in [5.74, 6) is 0. The Hall–Kier alpha value is -2.88. The molecule has 7 nitrogen and oxygen atoms in total. The summed E-state index contributed by atoms with van der Waals surface area (Å²) in [5.41, 5.74) is 0.857. The standard InChI is InChI=1S/C14H13N3O4/c1-2-7-21-14(18)16-12(9-15)4-3-10-8-11(17(19)20)5-6-13(10)16/h3-6,8,12H,2,7H2,1H3. The Morgan fingerprint density at radius 2 is 2.33 bits per heavy atom. The number of benzene rings is 1. The molecule has 7 heteroatoms. The van der Waals surface area contributed by atoms with E-state index in [2.05, 4.69) is 0 Å². The van der Waals surface area contributed by atoms with Gasteiger partial charge in [0.15, 0.2) is 0 Å². The van der Waals surface area contributed by atoms with Crippen molar-refractivity contribution in [3.63, 3.8) is 0 Å².